The molecule has 5 heteroatoms. The molecule has 0 spiro atoms. The summed E-state index contributed by atoms with van der Waals surface area (Å²) < 4.78 is 7.24. The Labute approximate surface area is 116 Å². The van der Waals surface area contributed by atoms with Gasteiger partial charge in [-0.05, 0) is 27.3 Å². The van der Waals surface area contributed by atoms with E-state index in [1.807, 2.05) is 10.9 Å². The molecule has 1 heterocycles. The molecule has 0 aliphatic carbocycles. The van der Waals surface area contributed by atoms with Crippen LogP contribution in [0.1, 0.15) is 45.3 Å². The van der Waals surface area contributed by atoms with Gasteiger partial charge in [-0.2, -0.15) is 5.10 Å². The minimum Gasteiger partial charge on any atom is -0.383 e. The van der Waals surface area contributed by atoms with E-state index in [0.29, 0.717) is 25.2 Å². The maximum absolute atomic E-state index is 5.98. The van der Waals surface area contributed by atoms with Gasteiger partial charge in [0.1, 0.15) is 0 Å². The zero-order valence-electron chi connectivity index (χ0n) is 12.8. The van der Waals surface area contributed by atoms with Crippen LogP contribution in [0.3, 0.4) is 0 Å². The predicted molar refractivity (Wildman–Crippen MR) is 78.1 cm³/mol. The predicted octanol–water partition coefficient (Wildman–Crippen LogP) is 1.82. The lowest BCUT2D eigenvalue weighted by Gasteiger charge is -2.34. The third-order valence-electron chi connectivity index (χ3n) is 3.50. The van der Waals surface area contributed by atoms with Gasteiger partial charge in [-0.1, -0.05) is 6.92 Å². The van der Waals surface area contributed by atoms with Crippen molar-refractivity contribution in [3.8, 4) is 0 Å². The highest BCUT2D eigenvalue weighted by Gasteiger charge is 2.23. The molecule has 0 fully saturated rings. The van der Waals surface area contributed by atoms with E-state index >= 15 is 0 Å². The number of rotatable bonds is 8. The summed E-state index contributed by atoms with van der Waals surface area (Å²) >= 11 is 0. The quantitative estimate of drug-likeness (QED) is 0.781. The van der Waals surface area contributed by atoms with E-state index in [4.69, 9.17) is 10.5 Å². The largest absolute Gasteiger partial charge is 0.383 e. The number of hydrogen-bond acceptors (Lipinski definition) is 4. The van der Waals surface area contributed by atoms with Crippen molar-refractivity contribution in [3.63, 3.8) is 0 Å². The van der Waals surface area contributed by atoms with Crippen molar-refractivity contribution >= 4 is 0 Å². The Kier molecular flexibility index (Phi) is 6.48. The number of likely N-dealkylation sites (N-methyl/N-ethyl adjacent to an activating group) is 1. The first-order valence-corrected chi connectivity index (χ1v) is 7.03. The molecule has 5 nitrogen and oxygen atoms in total. The van der Waals surface area contributed by atoms with Gasteiger partial charge in [0.05, 0.1) is 18.8 Å². The number of methoxy groups -OCH3 is 1. The lowest BCUT2D eigenvalue weighted by Crippen LogP contribution is -2.42. The van der Waals surface area contributed by atoms with Crippen molar-refractivity contribution in [2.75, 3.05) is 26.8 Å². The van der Waals surface area contributed by atoms with Crippen molar-refractivity contribution in [1.29, 1.82) is 0 Å². The minimum absolute atomic E-state index is 0.197. The van der Waals surface area contributed by atoms with Crippen molar-refractivity contribution in [2.45, 2.75) is 45.8 Å². The average Bonchev–Trinajstić information content (AvgIpc) is 2.85. The van der Waals surface area contributed by atoms with Crippen molar-refractivity contribution in [3.05, 3.63) is 18.0 Å². The van der Waals surface area contributed by atoms with Gasteiger partial charge >= 0.3 is 0 Å². The van der Waals surface area contributed by atoms with E-state index in [1.54, 1.807) is 7.11 Å². The molecule has 0 radical (unpaired) electrons. The van der Waals surface area contributed by atoms with Gasteiger partial charge in [-0.15, -0.1) is 0 Å². The third-order valence-corrected chi connectivity index (χ3v) is 3.50. The molecule has 2 unspecified atom stereocenters. The van der Waals surface area contributed by atoms with E-state index < -0.39 is 0 Å². The summed E-state index contributed by atoms with van der Waals surface area (Å²) in [5, 5.41) is 4.41. The molecule has 1 aromatic heterocycles. The van der Waals surface area contributed by atoms with Gasteiger partial charge < -0.3 is 10.5 Å². The molecule has 1 rings (SSSR count). The maximum atomic E-state index is 5.98. The molecule has 0 aromatic carbocycles. The molecule has 1 aromatic rings. The summed E-state index contributed by atoms with van der Waals surface area (Å²) in [6, 6.07) is 0.909. The van der Waals surface area contributed by atoms with Crippen LogP contribution >= 0.6 is 0 Å². The Morgan fingerprint density at radius 1 is 1.42 bits per heavy atom. The average molecular weight is 268 g/mol. The second-order valence-electron chi connectivity index (χ2n) is 5.23. The van der Waals surface area contributed by atoms with E-state index in [0.717, 1.165) is 6.54 Å². The third kappa shape index (κ3) is 4.03. The van der Waals surface area contributed by atoms with E-state index in [9.17, 15) is 0 Å². The minimum atomic E-state index is 0.197. The second kappa shape index (κ2) is 7.62. The fourth-order valence-corrected chi connectivity index (χ4v) is 2.45. The van der Waals surface area contributed by atoms with E-state index in [2.05, 4.69) is 43.9 Å². The van der Waals surface area contributed by atoms with Crippen LogP contribution in [0.5, 0.6) is 0 Å². The van der Waals surface area contributed by atoms with Gasteiger partial charge in [-0.25, -0.2) is 0 Å². The summed E-state index contributed by atoms with van der Waals surface area (Å²) in [7, 11) is 1.73. The maximum Gasteiger partial charge on any atom is 0.0615 e. The molecule has 0 aliphatic heterocycles. The summed E-state index contributed by atoms with van der Waals surface area (Å²) in [5.74, 6) is 0. The SMILES string of the molecule is CCN(C(C)COC)C(CN)c1cnn(C(C)C)c1. The van der Waals surface area contributed by atoms with Crippen molar-refractivity contribution in [1.82, 2.24) is 14.7 Å². The van der Waals surface area contributed by atoms with Gasteiger partial charge in [0, 0.05) is 37.5 Å². The molecule has 110 valence electrons. The molecule has 2 atom stereocenters. The van der Waals surface area contributed by atoms with Crippen LogP contribution < -0.4 is 5.73 Å². The monoisotopic (exact) mass is 268 g/mol. The van der Waals surface area contributed by atoms with Crippen LogP contribution in [0.15, 0.2) is 12.4 Å². The highest BCUT2D eigenvalue weighted by Crippen LogP contribution is 2.22. The highest BCUT2D eigenvalue weighted by molar-refractivity contribution is 5.12. The zero-order chi connectivity index (χ0) is 14.4. The lowest BCUT2D eigenvalue weighted by atomic mass is 10.1. The number of aromatic nitrogens is 2. The van der Waals surface area contributed by atoms with Gasteiger partial charge in [0.25, 0.3) is 0 Å². The number of nitrogens with zero attached hydrogens (tertiary/aromatic N) is 3. The van der Waals surface area contributed by atoms with Crippen LogP contribution in [0.4, 0.5) is 0 Å². The standard InChI is InChI=1S/C14H28N4O/c1-6-17(12(4)10-19-5)14(7-15)13-8-16-18(9-13)11(2)3/h8-9,11-12,14H,6-7,10,15H2,1-5H3. The summed E-state index contributed by atoms with van der Waals surface area (Å²) in [4.78, 5) is 2.37. The molecule has 2 N–H and O–H groups in total. The topological polar surface area (TPSA) is 56.3 Å². The smallest absolute Gasteiger partial charge is 0.0615 e. The Hall–Kier alpha value is -0.910. The Balaban J connectivity index is 2.89. The molecule has 0 saturated heterocycles. The summed E-state index contributed by atoms with van der Waals surface area (Å²) in [6.07, 6.45) is 4.03. The number of hydrogen-bond donors (Lipinski definition) is 1. The van der Waals surface area contributed by atoms with Crippen LogP contribution in [0, 0.1) is 0 Å². The number of nitrogens with two attached hydrogens (primary N) is 1. The molecule has 0 amide bonds. The molecule has 0 saturated carbocycles. The lowest BCUT2D eigenvalue weighted by molar-refractivity contribution is 0.0751. The van der Waals surface area contributed by atoms with Crippen LogP contribution in [0.25, 0.3) is 0 Å². The first-order chi connectivity index (χ1) is 9.04. The van der Waals surface area contributed by atoms with Gasteiger partial charge in [0.15, 0.2) is 0 Å². The Morgan fingerprint density at radius 3 is 2.53 bits per heavy atom. The zero-order valence-corrected chi connectivity index (χ0v) is 12.8. The van der Waals surface area contributed by atoms with Crippen LogP contribution in [0.2, 0.25) is 0 Å². The molecular weight excluding hydrogens is 240 g/mol. The van der Waals surface area contributed by atoms with E-state index in [-0.39, 0.29) is 6.04 Å². The van der Waals surface area contributed by atoms with E-state index in [1.165, 1.54) is 5.56 Å². The molecule has 0 aliphatic rings. The van der Waals surface area contributed by atoms with Crippen LogP contribution in [-0.2, 0) is 4.74 Å². The van der Waals surface area contributed by atoms with Crippen molar-refractivity contribution in [2.24, 2.45) is 5.73 Å². The first-order valence-electron chi connectivity index (χ1n) is 7.03. The fourth-order valence-electron chi connectivity index (χ4n) is 2.45. The second-order valence-corrected chi connectivity index (χ2v) is 5.23. The number of ether oxygens (including phenoxy) is 1. The summed E-state index contributed by atoms with van der Waals surface area (Å²) in [5.41, 5.74) is 7.16. The van der Waals surface area contributed by atoms with Gasteiger partial charge in [-0.3, -0.25) is 9.58 Å². The van der Waals surface area contributed by atoms with Crippen LogP contribution in [-0.4, -0.2) is 47.5 Å². The molecule has 19 heavy (non-hydrogen) atoms. The molecular formula is C14H28N4O. The fraction of sp³-hybridized carbons (Fsp3) is 0.786. The normalized spacial score (nSPS) is 15.2. The van der Waals surface area contributed by atoms with Gasteiger partial charge in [0.2, 0.25) is 0 Å². The summed E-state index contributed by atoms with van der Waals surface area (Å²) in [6.45, 7) is 10.8. The van der Waals surface area contributed by atoms with Crippen molar-refractivity contribution < 1.29 is 4.74 Å². The highest BCUT2D eigenvalue weighted by atomic mass is 16.5. The Bertz CT molecular complexity index is 364. The Morgan fingerprint density at radius 2 is 2.11 bits per heavy atom. The first kappa shape index (κ1) is 16.1. The molecule has 0 bridgehead atoms.